The number of aromatic nitrogens is 1. The number of nitrogens with two attached hydrogens (primary N) is 1. The molecule has 0 saturated heterocycles. The number of carbonyl (C=O) groups is 1. The number of amides is 1. The van der Waals surface area contributed by atoms with E-state index in [1.54, 1.807) is 17.8 Å². The first kappa shape index (κ1) is 14.8. The summed E-state index contributed by atoms with van der Waals surface area (Å²) in [6.07, 6.45) is 4.12. The molecular weight excluding hydrogens is 326 g/mol. The molecule has 1 heterocycles. The molecule has 0 fully saturated rings. The van der Waals surface area contributed by atoms with Crippen LogP contribution in [0.4, 0.5) is 5.69 Å². The van der Waals surface area contributed by atoms with Gasteiger partial charge >= 0.3 is 0 Å². The highest BCUT2D eigenvalue weighted by molar-refractivity contribution is 9.10. The maximum atomic E-state index is 11.7. The zero-order valence-corrected chi connectivity index (χ0v) is 12.4. The quantitative estimate of drug-likeness (QED) is 0.810. The molecule has 3 N–H and O–H groups in total. The third-order valence-corrected chi connectivity index (χ3v) is 3.81. The molecule has 1 amide bonds. The lowest BCUT2D eigenvalue weighted by Crippen LogP contribution is -2.36. The first-order valence-electron chi connectivity index (χ1n) is 4.91. The lowest BCUT2D eigenvalue weighted by atomic mass is 10.2. The van der Waals surface area contributed by atoms with Crippen LogP contribution in [-0.2, 0) is 4.79 Å². The van der Waals surface area contributed by atoms with E-state index in [4.69, 9.17) is 17.3 Å². The van der Waals surface area contributed by atoms with Crippen LogP contribution >= 0.6 is 39.3 Å². The number of anilines is 1. The van der Waals surface area contributed by atoms with E-state index < -0.39 is 6.04 Å². The molecule has 0 unspecified atom stereocenters. The van der Waals surface area contributed by atoms with Crippen molar-refractivity contribution in [3.63, 3.8) is 0 Å². The van der Waals surface area contributed by atoms with Crippen LogP contribution in [0.2, 0.25) is 5.15 Å². The zero-order valence-electron chi connectivity index (χ0n) is 9.24. The first-order chi connectivity index (χ1) is 8.04. The molecule has 0 saturated carbocycles. The molecular formula is C10H13BrClN3OS. The number of nitrogens with zero attached hydrogens (tertiary/aromatic N) is 1. The molecule has 94 valence electrons. The number of pyridine rings is 1. The van der Waals surface area contributed by atoms with Crippen LogP contribution in [0.15, 0.2) is 16.7 Å². The summed E-state index contributed by atoms with van der Waals surface area (Å²) in [4.78, 5) is 15.6. The minimum Gasteiger partial charge on any atom is -0.323 e. The summed E-state index contributed by atoms with van der Waals surface area (Å²) in [5.41, 5.74) is 6.31. The molecule has 17 heavy (non-hydrogen) atoms. The van der Waals surface area contributed by atoms with Gasteiger partial charge in [-0.25, -0.2) is 4.98 Å². The third-order valence-electron chi connectivity index (χ3n) is 2.03. The minimum absolute atomic E-state index is 0.213. The Morgan fingerprint density at radius 2 is 2.47 bits per heavy atom. The van der Waals surface area contributed by atoms with Crippen LogP contribution in [0, 0.1) is 0 Å². The maximum Gasteiger partial charge on any atom is 0.241 e. The van der Waals surface area contributed by atoms with E-state index in [2.05, 4.69) is 26.2 Å². The van der Waals surface area contributed by atoms with E-state index >= 15 is 0 Å². The van der Waals surface area contributed by atoms with Gasteiger partial charge in [0.2, 0.25) is 5.91 Å². The van der Waals surface area contributed by atoms with Crippen molar-refractivity contribution in [1.82, 2.24) is 4.98 Å². The van der Waals surface area contributed by atoms with Gasteiger partial charge in [-0.3, -0.25) is 4.79 Å². The van der Waals surface area contributed by atoms with Crippen molar-refractivity contribution >= 4 is 50.9 Å². The summed E-state index contributed by atoms with van der Waals surface area (Å²) < 4.78 is 0.634. The molecule has 4 nitrogen and oxygen atoms in total. The van der Waals surface area contributed by atoms with Gasteiger partial charge in [0.05, 0.1) is 22.4 Å². The van der Waals surface area contributed by atoms with Gasteiger partial charge in [0.1, 0.15) is 5.15 Å². The number of hydrogen-bond acceptors (Lipinski definition) is 4. The molecule has 1 aromatic rings. The van der Waals surface area contributed by atoms with Crippen molar-refractivity contribution in [1.29, 1.82) is 0 Å². The van der Waals surface area contributed by atoms with Crippen molar-refractivity contribution in [2.75, 3.05) is 17.3 Å². The Morgan fingerprint density at radius 3 is 3.06 bits per heavy atom. The average molecular weight is 339 g/mol. The highest BCUT2D eigenvalue weighted by Crippen LogP contribution is 2.22. The maximum absolute atomic E-state index is 11.7. The highest BCUT2D eigenvalue weighted by Gasteiger charge is 2.13. The monoisotopic (exact) mass is 337 g/mol. The Labute approximate surface area is 118 Å². The lowest BCUT2D eigenvalue weighted by Gasteiger charge is -2.11. The van der Waals surface area contributed by atoms with E-state index in [-0.39, 0.29) is 5.91 Å². The van der Waals surface area contributed by atoms with Crippen LogP contribution in [0.3, 0.4) is 0 Å². The number of rotatable bonds is 5. The van der Waals surface area contributed by atoms with Gasteiger partial charge in [-0.1, -0.05) is 11.6 Å². The Balaban J connectivity index is 2.58. The highest BCUT2D eigenvalue weighted by atomic mass is 79.9. The molecule has 0 aliphatic heterocycles. The van der Waals surface area contributed by atoms with Gasteiger partial charge in [0, 0.05) is 0 Å². The second-order valence-electron chi connectivity index (χ2n) is 3.37. The molecule has 1 atom stereocenters. The van der Waals surface area contributed by atoms with Gasteiger partial charge < -0.3 is 11.1 Å². The SMILES string of the molecule is CSCC[C@@H](N)C(=O)Nc1cnc(Cl)c(Br)c1. The molecule has 0 bridgehead atoms. The van der Waals surface area contributed by atoms with Gasteiger partial charge in [-0.05, 0) is 40.4 Å². The van der Waals surface area contributed by atoms with Crippen LogP contribution in [-0.4, -0.2) is 28.9 Å². The molecule has 0 spiro atoms. The topological polar surface area (TPSA) is 68.0 Å². The Hall–Kier alpha value is -0.300. The molecule has 0 radical (unpaired) electrons. The van der Waals surface area contributed by atoms with Crippen molar-refractivity contribution in [2.45, 2.75) is 12.5 Å². The zero-order chi connectivity index (χ0) is 12.8. The smallest absolute Gasteiger partial charge is 0.241 e. The van der Waals surface area contributed by atoms with Crippen LogP contribution in [0.25, 0.3) is 0 Å². The summed E-state index contributed by atoms with van der Waals surface area (Å²) in [6, 6.07) is 1.19. The standard InChI is InChI=1S/C10H13BrClN3OS/c1-17-3-2-8(13)10(16)15-6-4-7(11)9(12)14-5-6/h4-5,8H,2-3,13H2,1H3,(H,15,16)/t8-/m1/s1. The Bertz CT molecular complexity index is 405. The van der Waals surface area contributed by atoms with Gasteiger partial charge in [0.25, 0.3) is 0 Å². The predicted molar refractivity (Wildman–Crippen MR) is 76.6 cm³/mol. The number of nitrogens with one attached hydrogen (secondary N) is 1. The molecule has 0 aliphatic carbocycles. The molecule has 0 aliphatic rings. The summed E-state index contributed by atoms with van der Waals surface area (Å²) in [5, 5.41) is 3.05. The van der Waals surface area contributed by atoms with Crippen molar-refractivity contribution in [2.24, 2.45) is 5.73 Å². The second-order valence-corrected chi connectivity index (χ2v) is 5.57. The van der Waals surface area contributed by atoms with E-state index in [0.717, 1.165) is 5.75 Å². The fourth-order valence-corrected chi connectivity index (χ4v) is 2.04. The van der Waals surface area contributed by atoms with Crippen LogP contribution < -0.4 is 11.1 Å². The predicted octanol–water partition coefficient (Wildman–Crippen LogP) is 2.52. The van der Waals surface area contributed by atoms with Gasteiger partial charge in [-0.2, -0.15) is 11.8 Å². The van der Waals surface area contributed by atoms with Gasteiger partial charge in [-0.15, -0.1) is 0 Å². The second kappa shape index (κ2) is 7.20. The van der Waals surface area contributed by atoms with Gasteiger partial charge in [0.15, 0.2) is 0 Å². The molecule has 1 aromatic heterocycles. The lowest BCUT2D eigenvalue weighted by molar-refractivity contribution is -0.117. The number of hydrogen-bond donors (Lipinski definition) is 2. The van der Waals surface area contributed by atoms with Crippen molar-refractivity contribution in [3.05, 3.63) is 21.9 Å². The largest absolute Gasteiger partial charge is 0.323 e. The van der Waals surface area contributed by atoms with Crippen molar-refractivity contribution < 1.29 is 4.79 Å². The Kier molecular flexibility index (Phi) is 6.26. The first-order valence-corrected chi connectivity index (χ1v) is 7.47. The number of thioether (sulfide) groups is 1. The summed E-state index contributed by atoms with van der Waals surface area (Å²) in [7, 11) is 0. The normalized spacial score (nSPS) is 12.2. The fourth-order valence-electron chi connectivity index (χ4n) is 1.10. The molecule has 7 heteroatoms. The average Bonchev–Trinajstić information content (AvgIpc) is 2.30. The van der Waals surface area contributed by atoms with E-state index in [1.807, 2.05) is 6.26 Å². The molecule has 0 aromatic carbocycles. The summed E-state index contributed by atoms with van der Waals surface area (Å²) >= 11 is 10.6. The number of carbonyl (C=O) groups excluding carboxylic acids is 1. The number of halogens is 2. The van der Waals surface area contributed by atoms with Crippen LogP contribution in [0.5, 0.6) is 0 Å². The third kappa shape index (κ3) is 4.83. The van der Waals surface area contributed by atoms with Crippen molar-refractivity contribution in [3.8, 4) is 0 Å². The van der Waals surface area contributed by atoms with Crippen LogP contribution in [0.1, 0.15) is 6.42 Å². The van der Waals surface area contributed by atoms with E-state index in [0.29, 0.717) is 21.7 Å². The Morgan fingerprint density at radius 1 is 1.76 bits per heavy atom. The summed E-state index contributed by atoms with van der Waals surface area (Å²) in [6.45, 7) is 0. The minimum atomic E-state index is -0.503. The van der Waals surface area contributed by atoms with E-state index in [9.17, 15) is 4.79 Å². The molecule has 1 rings (SSSR count). The van der Waals surface area contributed by atoms with E-state index in [1.165, 1.54) is 6.20 Å². The summed E-state index contributed by atoms with van der Waals surface area (Å²) in [5.74, 6) is 0.645. The fraction of sp³-hybridized carbons (Fsp3) is 0.400.